The average molecular weight is 493 g/mol. The molecule has 9 N–H and O–H groups in total. The number of aromatic amines is 1. The van der Waals surface area contributed by atoms with Crippen LogP contribution in [0.2, 0.25) is 0 Å². The molecule has 1 heterocycles. The quantitative estimate of drug-likeness (QED) is 0.163. The Bertz CT molecular complexity index is 1070. The third-order valence-corrected chi connectivity index (χ3v) is 5.40. The van der Waals surface area contributed by atoms with E-state index in [2.05, 4.69) is 33.6 Å². The molecule has 0 spiro atoms. The van der Waals surface area contributed by atoms with Gasteiger partial charge in [-0.1, -0.05) is 18.2 Å². The highest BCUT2D eigenvalue weighted by Crippen LogP contribution is 2.19. The fraction of sp³-hybridized carbons (Fsp3) is 0.381. The number of para-hydroxylation sites is 1. The molecule has 0 fully saturated rings. The van der Waals surface area contributed by atoms with Gasteiger partial charge in [-0.05, 0) is 18.6 Å². The summed E-state index contributed by atoms with van der Waals surface area (Å²) in [4.78, 5) is 63.2. The number of carbonyl (C=O) groups is 5. The smallest absolute Gasteiger partial charge is 0.325 e. The lowest BCUT2D eigenvalue weighted by atomic mass is 10.0. The molecule has 2 aromatic rings. The number of H-pyrrole nitrogens is 1. The van der Waals surface area contributed by atoms with E-state index in [9.17, 15) is 24.0 Å². The van der Waals surface area contributed by atoms with E-state index in [4.69, 9.17) is 16.6 Å². The van der Waals surface area contributed by atoms with Crippen LogP contribution in [0, 0.1) is 0 Å². The van der Waals surface area contributed by atoms with Crippen LogP contribution >= 0.6 is 12.6 Å². The summed E-state index contributed by atoms with van der Waals surface area (Å²) in [5.41, 5.74) is 12.3. The predicted octanol–water partition coefficient (Wildman–Crippen LogP) is -1.60. The fourth-order valence-corrected chi connectivity index (χ4v) is 3.42. The lowest BCUT2D eigenvalue weighted by Crippen LogP contribution is -2.58. The first-order valence-electron chi connectivity index (χ1n) is 10.4. The number of primary amides is 1. The van der Waals surface area contributed by atoms with Crippen molar-refractivity contribution in [2.24, 2.45) is 11.5 Å². The van der Waals surface area contributed by atoms with Gasteiger partial charge in [-0.25, -0.2) is 0 Å². The van der Waals surface area contributed by atoms with E-state index in [-0.39, 0.29) is 12.2 Å². The first-order chi connectivity index (χ1) is 16.0. The molecule has 4 unspecified atom stereocenters. The second-order valence-electron chi connectivity index (χ2n) is 7.71. The van der Waals surface area contributed by atoms with Gasteiger partial charge in [0.15, 0.2) is 0 Å². The number of fused-ring (bicyclic) bond motifs is 1. The molecule has 0 aliphatic heterocycles. The molecule has 0 radical (unpaired) electrons. The molecule has 2 rings (SSSR count). The standard InChI is InChI=1S/C21H28N6O6S/c1-10(21(32)33)25-20(31)16(9-34)27-19(30)15(26-18(29)13(22)7-17(23)28)6-11-8-24-14-5-3-2-4-12(11)14/h2-5,8,10,13,15-16,24,34H,6-7,9,22H2,1H3,(H2,23,28)(H,25,31)(H,26,29)(H,27,30)(H,32,33). The minimum absolute atomic E-state index is 0.0390. The zero-order chi connectivity index (χ0) is 25.4. The van der Waals surface area contributed by atoms with E-state index in [1.807, 2.05) is 24.3 Å². The van der Waals surface area contributed by atoms with Crippen molar-refractivity contribution >= 4 is 53.1 Å². The Morgan fingerprint density at radius 2 is 1.65 bits per heavy atom. The van der Waals surface area contributed by atoms with Crippen LogP contribution in [0.3, 0.4) is 0 Å². The Morgan fingerprint density at radius 3 is 2.26 bits per heavy atom. The number of amides is 4. The molecule has 0 aliphatic rings. The van der Waals surface area contributed by atoms with Crippen LogP contribution in [0.15, 0.2) is 30.5 Å². The van der Waals surface area contributed by atoms with Gasteiger partial charge in [0.1, 0.15) is 18.1 Å². The summed E-state index contributed by atoms with van der Waals surface area (Å²) in [7, 11) is 0. The molecule has 12 nitrogen and oxygen atoms in total. The van der Waals surface area contributed by atoms with Gasteiger partial charge >= 0.3 is 5.97 Å². The number of hydrogen-bond acceptors (Lipinski definition) is 7. The molecule has 4 atom stereocenters. The number of thiol groups is 1. The Balaban J connectivity index is 2.23. The number of carbonyl (C=O) groups excluding carboxylic acids is 4. The van der Waals surface area contributed by atoms with Crippen LogP contribution in [-0.4, -0.2) is 69.6 Å². The number of carboxylic acids is 1. The van der Waals surface area contributed by atoms with Crippen LogP contribution in [0.5, 0.6) is 0 Å². The molecule has 34 heavy (non-hydrogen) atoms. The van der Waals surface area contributed by atoms with Gasteiger partial charge in [-0.3, -0.25) is 24.0 Å². The third kappa shape index (κ3) is 7.22. The van der Waals surface area contributed by atoms with Crippen LogP contribution in [0.25, 0.3) is 10.9 Å². The van der Waals surface area contributed by atoms with E-state index >= 15 is 0 Å². The molecule has 4 amide bonds. The van der Waals surface area contributed by atoms with Crippen molar-refractivity contribution in [1.82, 2.24) is 20.9 Å². The van der Waals surface area contributed by atoms with Crippen molar-refractivity contribution < 1.29 is 29.1 Å². The summed E-state index contributed by atoms with van der Waals surface area (Å²) in [5.74, 6) is -4.39. The Hall–Kier alpha value is -3.58. The average Bonchev–Trinajstić information content (AvgIpc) is 3.18. The second-order valence-corrected chi connectivity index (χ2v) is 8.08. The van der Waals surface area contributed by atoms with Gasteiger partial charge in [0.05, 0.1) is 12.5 Å². The van der Waals surface area contributed by atoms with Gasteiger partial charge in [0.2, 0.25) is 23.6 Å². The van der Waals surface area contributed by atoms with Crippen molar-refractivity contribution in [3.63, 3.8) is 0 Å². The number of rotatable bonds is 12. The van der Waals surface area contributed by atoms with Crippen molar-refractivity contribution in [1.29, 1.82) is 0 Å². The number of aromatic nitrogens is 1. The van der Waals surface area contributed by atoms with E-state index in [0.29, 0.717) is 5.56 Å². The highest BCUT2D eigenvalue weighted by Gasteiger charge is 2.29. The van der Waals surface area contributed by atoms with Crippen LogP contribution < -0.4 is 27.4 Å². The Kier molecular flexibility index (Phi) is 9.45. The summed E-state index contributed by atoms with van der Waals surface area (Å²) < 4.78 is 0. The fourth-order valence-electron chi connectivity index (χ4n) is 3.16. The molecular formula is C21H28N6O6S. The largest absolute Gasteiger partial charge is 0.480 e. The number of nitrogens with two attached hydrogens (primary N) is 2. The topological polar surface area (TPSA) is 210 Å². The Morgan fingerprint density at radius 1 is 1.03 bits per heavy atom. The molecular weight excluding hydrogens is 464 g/mol. The van der Waals surface area contributed by atoms with Crippen molar-refractivity contribution in [3.05, 3.63) is 36.0 Å². The number of hydrogen-bond donors (Lipinski definition) is 8. The van der Waals surface area contributed by atoms with Crippen molar-refractivity contribution in [2.75, 3.05) is 5.75 Å². The van der Waals surface area contributed by atoms with Gasteiger partial charge in [0, 0.05) is 29.3 Å². The molecule has 0 aliphatic carbocycles. The molecule has 184 valence electrons. The highest BCUT2D eigenvalue weighted by molar-refractivity contribution is 7.80. The predicted molar refractivity (Wildman–Crippen MR) is 127 cm³/mol. The SMILES string of the molecule is CC(NC(=O)C(CS)NC(=O)C(Cc1c[nH]c2ccccc12)NC(=O)C(N)CC(N)=O)C(=O)O. The molecule has 1 aromatic heterocycles. The minimum atomic E-state index is -1.27. The number of benzene rings is 1. The first kappa shape index (κ1) is 26.7. The third-order valence-electron chi connectivity index (χ3n) is 5.03. The van der Waals surface area contributed by atoms with E-state index < -0.39 is 60.2 Å². The molecule has 0 saturated heterocycles. The number of aliphatic carboxylic acids is 1. The number of nitrogens with one attached hydrogen (secondary N) is 4. The van der Waals surface area contributed by atoms with E-state index in [0.717, 1.165) is 10.9 Å². The maximum atomic E-state index is 13.1. The zero-order valence-electron chi connectivity index (χ0n) is 18.4. The molecule has 1 aromatic carbocycles. The monoisotopic (exact) mass is 492 g/mol. The lowest BCUT2D eigenvalue weighted by Gasteiger charge is -2.24. The maximum absolute atomic E-state index is 13.1. The van der Waals surface area contributed by atoms with Gasteiger partial charge < -0.3 is 37.5 Å². The first-order valence-corrected chi connectivity index (χ1v) is 11.0. The highest BCUT2D eigenvalue weighted by atomic mass is 32.1. The summed E-state index contributed by atoms with van der Waals surface area (Å²) in [5, 5.41) is 17.1. The van der Waals surface area contributed by atoms with Gasteiger partial charge in [0.25, 0.3) is 0 Å². The number of carboxylic acid groups (broad SMARTS) is 1. The Labute approximate surface area is 200 Å². The van der Waals surface area contributed by atoms with Crippen molar-refractivity contribution in [3.8, 4) is 0 Å². The van der Waals surface area contributed by atoms with Crippen LogP contribution in [-0.2, 0) is 30.4 Å². The van der Waals surface area contributed by atoms with Crippen LogP contribution in [0.4, 0.5) is 0 Å². The van der Waals surface area contributed by atoms with Crippen LogP contribution in [0.1, 0.15) is 18.9 Å². The molecule has 0 bridgehead atoms. The second kappa shape index (κ2) is 12.0. The van der Waals surface area contributed by atoms with E-state index in [1.165, 1.54) is 6.92 Å². The summed E-state index contributed by atoms with van der Waals surface area (Å²) >= 11 is 4.06. The van der Waals surface area contributed by atoms with E-state index in [1.54, 1.807) is 6.20 Å². The van der Waals surface area contributed by atoms with Gasteiger partial charge in [-0.2, -0.15) is 12.6 Å². The molecule has 13 heteroatoms. The summed E-state index contributed by atoms with van der Waals surface area (Å²) in [6, 6.07) is 2.56. The van der Waals surface area contributed by atoms with Crippen molar-refractivity contribution in [2.45, 2.75) is 43.9 Å². The zero-order valence-corrected chi connectivity index (χ0v) is 19.3. The minimum Gasteiger partial charge on any atom is -0.480 e. The summed E-state index contributed by atoms with van der Waals surface area (Å²) in [6.45, 7) is 1.28. The lowest BCUT2D eigenvalue weighted by molar-refractivity contribution is -0.141. The maximum Gasteiger partial charge on any atom is 0.325 e. The molecule has 0 saturated carbocycles. The summed E-state index contributed by atoms with van der Waals surface area (Å²) in [6.07, 6.45) is 1.32. The van der Waals surface area contributed by atoms with Gasteiger partial charge in [-0.15, -0.1) is 0 Å². The normalized spacial score (nSPS) is 14.4.